The normalized spacial score (nSPS) is 17.4. The third-order valence-electron chi connectivity index (χ3n) is 5.00. The van der Waals surface area contributed by atoms with Crippen molar-refractivity contribution in [2.75, 3.05) is 20.3 Å². The first-order valence-corrected chi connectivity index (χ1v) is 9.52. The maximum Gasteiger partial charge on any atom is 0.276 e. The number of rotatable bonds is 8. The highest BCUT2D eigenvalue weighted by molar-refractivity contribution is 5.92. The molecule has 0 N–H and O–H groups in total. The monoisotopic (exact) mass is 356 g/mol. The minimum Gasteiger partial charge on any atom is -0.385 e. The van der Waals surface area contributed by atoms with E-state index in [0.29, 0.717) is 12.3 Å². The highest BCUT2D eigenvalue weighted by Gasteiger charge is 2.28. The number of carbonyl (C=O) groups is 1. The lowest BCUT2D eigenvalue weighted by atomic mass is 9.99. The summed E-state index contributed by atoms with van der Waals surface area (Å²) in [5, 5.41) is 8.27. The predicted octanol–water partition coefficient (Wildman–Crippen LogP) is 2.94. The van der Waals surface area contributed by atoms with E-state index in [9.17, 15) is 4.79 Å². The summed E-state index contributed by atoms with van der Waals surface area (Å²) in [5.74, 6) is 0.000104. The zero-order valence-electron chi connectivity index (χ0n) is 15.5. The van der Waals surface area contributed by atoms with Gasteiger partial charge in [-0.2, -0.15) is 0 Å². The number of nitrogens with zero attached hydrogens (tertiary/aromatic N) is 4. The molecule has 1 aromatic heterocycles. The maximum absolute atomic E-state index is 12.9. The molecule has 1 fully saturated rings. The topological polar surface area (TPSA) is 60.2 Å². The second kappa shape index (κ2) is 9.48. The van der Waals surface area contributed by atoms with Gasteiger partial charge in [-0.25, -0.2) is 0 Å². The van der Waals surface area contributed by atoms with Gasteiger partial charge in [0, 0.05) is 32.8 Å². The predicted molar refractivity (Wildman–Crippen MR) is 100.0 cm³/mol. The first-order valence-electron chi connectivity index (χ1n) is 9.52. The summed E-state index contributed by atoms with van der Waals surface area (Å²) in [7, 11) is 1.70. The minimum atomic E-state index is 0.000104. The molecule has 2 heterocycles. The van der Waals surface area contributed by atoms with E-state index >= 15 is 0 Å². The number of piperidine rings is 1. The van der Waals surface area contributed by atoms with Gasteiger partial charge >= 0.3 is 0 Å². The van der Waals surface area contributed by atoms with Crippen molar-refractivity contribution in [1.29, 1.82) is 0 Å². The van der Waals surface area contributed by atoms with E-state index in [-0.39, 0.29) is 11.9 Å². The molecule has 1 saturated heterocycles. The van der Waals surface area contributed by atoms with Crippen molar-refractivity contribution in [2.24, 2.45) is 0 Å². The molecule has 6 heteroatoms. The molecule has 1 amide bonds. The summed E-state index contributed by atoms with van der Waals surface area (Å²) < 4.78 is 6.98. The number of amides is 1. The quantitative estimate of drug-likeness (QED) is 0.730. The summed E-state index contributed by atoms with van der Waals surface area (Å²) >= 11 is 0. The largest absolute Gasteiger partial charge is 0.385 e. The molecule has 1 aliphatic heterocycles. The van der Waals surface area contributed by atoms with E-state index in [1.807, 2.05) is 11.0 Å². The number of hydrogen-bond donors (Lipinski definition) is 0. The van der Waals surface area contributed by atoms with Gasteiger partial charge in [-0.15, -0.1) is 5.10 Å². The van der Waals surface area contributed by atoms with Crippen LogP contribution in [-0.2, 0) is 17.7 Å². The number of aromatic nitrogens is 3. The third-order valence-corrected chi connectivity index (χ3v) is 5.00. The van der Waals surface area contributed by atoms with Gasteiger partial charge in [-0.05, 0) is 44.1 Å². The van der Waals surface area contributed by atoms with Crippen molar-refractivity contribution in [1.82, 2.24) is 19.9 Å². The maximum atomic E-state index is 12.9. The fourth-order valence-electron chi connectivity index (χ4n) is 3.56. The molecule has 6 nitrogen and oxygen atoms in total. The first kappa shape index (κ1) is 18.6. The van der Waals surface area contributed by atoms with Crippen molar-refractivity contribution in [2.45, 2.75) is 51.1 Å². The van der Waals surface area contributed by atoms with Crippen LogP contribution in [0.1, 0.15) is 48.2 Å². The fourth-order valence-corrected chi connectivity index (χ4v) is 3.56. The lowest BCUT2D eigenvalue weighted by molar-refractivity contribution is 0.0547. The van der Waals surface area contributed by atoms with E-state index in [2.05, 4.69) is 34.6 Å². The standard InChI is InChI=1S/C20H28N4O2/c1-26-15-12-18-11-5-6-14-24(18)20(25)19-16-23(22-21-19)13-7-10-17-8-3-2-4-9-17/h2-4,8-9,16,18H,5-7,10-15H2,1H3/t18-/m1/s1. The molecule has 0 bridgehead atoms. The van der Waals surface area contributed by atoms with E-state index in [1.165, 1.54) is 12.0 Å². The number of benzene rings is 1. The highest BCUT2D eigenvalue weighted by atomic mass is 16.5. The molecule has 1 atom stereocenters. The highest BCUT2D eigenvalue weighted by Crippen LogP contribution is 2.21. The lowest BCUT2D eigenvalue weighted by Crippen LogP contribution is -2.44. The zero-order chi connectivity index (χ0) is 18.2. The number of hydrogen-bond acceptors (Lipinski definition) is 4. The Hall–Kier alpha value is -2.21. The van der Waals surface area contributed by atoms with Crippen LogP contribution in [0.5, 0.6) is 0 Å². The van der Waals surface area contributed by atoms with E-state index in [1.54, 1.807) is 18.0 Å². The number of carbonyl (C=O) groups excluding carboxylic acids is 1. The second-order valence-electron chi connectivity index (χ2n) is 6.89. The molecule has 0 aliphatic carbocycles. The minimum absolute atomic E-state index is 0.000104. The Morgan fingerprint density at radius 3 is 2.92 bits per heavy atom. The van der Waals surface area contributed by atoms with Gasteiger partial charge in [-0.1, -0.05) is 35.5 Å². The number of likely N-dealkylation sites (tertiary alicyclic amines) is 1. The van der Waals surface area contributed by atoms with E-state index in [4.69, 9.17) is 4.74 Å². The zero-order valence-corrected chi connectivity index (χ0v) is 15.5. The van der Waals surface area contributed by atoms with Gasteiger partial charge in [0.2, 0.25) is 0 Å². The molecule has 0 unspecified atom stereocenters. The van der Waals surface area contributed by atoms with E-state index in [0.717, 1.165) is 45.2 Å². The summed E-state index contributed by atoms with van der Waals surface area (Å²) in [4.78, 5) is 14.8. The molecule has 26 heavy (non-hydrogen) atoms. The van der Waals surface area contributed by atoms with Gasteiger partial charge in [0.1, 0.15) is 0 Å². The Morgan fingerprint density at radius 1 is 1.27 bits per heavy atom. The van der Waals surface area contributed by atoms with Gasteiger partial charge in [0.25, 0.3) is 5.91 Å². The third kappa shape index (κ3) is 4.91. The van der Waals surface area contributed by atoms with Crippen LogP contribution in [0.25, 0.3) is 0 Å². The average molecular weight is 356 g/mol. The molecule has 0 spiro atoms. The van der Waals surface area contributed by atoms with Crippen LogP contribution >= 0.6 is 0 Å². The van der Waals surface area contributed by atoms with Crippen molar-refractivity contribution in [3.8, 4) is 0 Å². The summed E-state index contributed by atoms with van der Waals surface area (Å²) in [5.41, 5.74) is 1.77. The van der Waals surface area contributed by atoms with Crippen LogP contribution in [0.3, 0.4) is 0 Å². The molecular weight excluding hydrogens is 328 g/mol. The van der Waals surface area contributed by atoms with Crippen LogP contribution < -0.4 is 0 Å². The Bertz CT molecular complexity index is 686. The van der Waals surface area contributed by atoms with Crippen molar-refractivity contribution < 1.29 is 9.53 Å². The lowest BCUT2D eigenvalue weighted by Gasteiger charge is -2.35. The van der Waals surface area contributed by atoms with Gasteiger partial charge < -0.3 is 9.64 Å². The molecule has 0 radical (unpaired) electrons. The second-order valence-corrected chi connectivity index (χ2v) is 6.89. The molecule has 0 saturated carbocycles. The fraction of sp³-hybridized carbons (Fsp3) is 0.550. The van der Waals surface area contributed by atoms with Crippen molar-refractivity contribution in [3.05, 3.63) is 47.8 Å². The van der Waals surface area contributed by atoms with Crippen LogP contribution in [0, 0.1) is 0 Å². The Balaban J connectivity index is 1.54. The molecular formula is C20H28N4O2. The molecule has 1 aliphatic rings. The van der Waals surface area contributed by atoms with Gasteiger partial charge in [-0.3, -0.25) is 9.48 Å². The van der Waals surface area contributed by atoms with Crippen LogP contribution in [0.15, 0.2) is 36.5 Å². The Kier molecular flexibility index (Phi) is 6.77. The number of methoxy groups -OCH3 is 1. The van der Waals surface area contributed by atoms with Crippen LogP contribution in [0.4, 0.5) is 0 Å². The average Bonchev–Trinajstić information content (AvgIpc) is 3.16. The number of aryl methyl sites for hydroxylation is 2. The summed E-state index contributed by atoms with van der Waals surface area (Å²) in [6.07, 6.45) is 7.91. The SMILES string of the molecule is COCC[C@H]1CCCCN1C(=O)c1cn(CCCc2ccccc2)nn1. The first-order chi connectivity index (χ1) is 12.8. The van der Waals surface area contributed by atoms with Gasteiger partial charge in [0.05, 0.1) is 6.20 Å². The molecule has 3 rings (SSSR count). The van der Waals surface area contributed by atoms with Crippen molar-refractivity contribution >= 4 is 5.91 Å². The summed E-state index contributed by atoms with van der Waals surface area (Å²) in [6, 6.07) is 10.7. The molecule has 1 aromatic carbocycles. The van der Waals surface area contributed by atoms with Crippen LogP contribution in [0.2, 0.25) is 0 Å². The van der Waals surface area contributed by atoms with E-state index < -0.39 is 0 Å². The number of ether oxygens (including phenoxy) is 1. The smallest absolute Gasteiger partial charge is 0.276 e. The Morgan fingerprint density at radius 2 is 2.12 bits per heavy atom. The van der Waals surface area contributed by atoms with Crippen molar-refractivity contribution in [3.63, 3.8) is 0 Å². The van der Waals surface area contributed by atoms with Crippen LogP contribution in [-0.4, -0.2) is 52.1 Å². The molecule has 140 valence electrons. The van der Waals surface area contributed by atoms with Gasteiger partial charge in [0.15, 0.2) is 5.69 Å². The Labute approximate surface area is 155 Å². The molecule has 2 aromatic rings. The summed E-state index contributed by atoms with van der Waals surface area (Å²) in [6.45, 7) is 2.25.